The van der Waals surface area contributed by atoms with Crippen LogP contribution in [0.15, 0.2) is 84.9 Å². The Morgan fingerprint density at radius 1 is 0.658 bits per heavy atom. The summed E-state index contributed by atoms with van der Waals surface area (Å²) in [6.07, 6.45) is 2.98. The standard InChI is InChI=1S/C31H32N2O5/c34-29(33-20-8-14-28(33)31(36)38-22-24-11-5-2-6-12-24)25-15-17-26(18-16-25)32-19-7-13-27(32)30(35)37-21-23-9-3-1-4-10-23/h1-6,9-12,15-18,27-28H,7-8,13-14,19-22H2/t27-,28-/m1/s1. The molecule has 2 saturated heterocycles. The molecule has 7 heteroatoms. The van der Waals surface area contributed by atoms with E-state index in [1.165, 1.54) is 0 Å². The van der Waals surface area contributed by atoms with Crippen molar-refractivity contribution in [2.75, 3.05) is 18.0 Å². The van der Waals surface area contributed by atoms with Crippen LogP contribution in [0.1, 0.15) is 47.2 Å². The Hall–Kier alpha value is -4.13. The largest absolute Gasteiger partial charge is 0.459 e. The maximum atomic E-state index is 13.3. The Kier molecular flexibility index (Phi) is 8.02. The van der Waals surface area contributed by atoms with Gasteiger partial charge >= 0.3 is 11.9 Å². The number of likely N-dealkylation sites (tertiary alicyclic amines) is 1. The van der Waals surface area contributed by atoms with Crippen molar-refractivity contribution in [1.29, 1.82) is 0 Å². The van der Waals surface area contributed by atoms with Crippen LogP contribution in [0.3, 0.4) is 0 Å². The van der Waals surface area contributed by atoms with Gasteiger partial charge in [-0.05, 0) is 61.1 Å². The van der Waals surface area contributed by atoms with Crippen LogP contribution in [0.4, 0.5) is 5.69 Å². The number of hydrogen-bond donors (Lipinski definition) is 0. The summed E-state index contributed by atoms with van der Waals surface area (Å²) in [7, 11) is 0. The quantitative estimate of drug-likeness (QED) is 0.406. The average Bonchev–Trinajstić information content (AvgIpc) is 3.66. The molecular weight excluding hydrogens is 480 g/mol. The van der Waals surface area contributed by atoms with Gasteiger partial charge in [-0.25, -0.2) is 9.59 Å². The van der Waals surface area contributed by atoms with Crippen LogP contribution in [-0.2, 0) is 32.3 Å². The van der Waals surface area contributed by atoms with E-state index in [-0.39, 0.29) is 37.1 Å². The summed E-state index contributed by atoms with van der Waals surface area (Å²) in [6.45, 7) is 1.72. The van der Waals surface area contributed by atoms with Gasteiger partial charge in [0.05, 0.1) is 0 Å². The number of hydrogen-bond acceptors (Lipinski definition) is 6. The molecule has 2 aliphatic rings. The molecule has 196 valence electrons. The maximum absolute atomic E-state index is 13.3. The van der Waals surface area contributed by atoms with Crippen LogP contribution in [0.25, 0.3) is 0 Å². The van der Waals surface area contributed by atoms with Crippen LogP contribution in [0.2, 0.25) is 0 Å². The van der Waals surface area contributed by atoms with E-state index in [1.54, 1.807) is 17.0 Å². The first-order chi connectivity index (χ1) is 18.6. The lowest BCUT2D eigenvalue weighted by atomic mass is 10.1. The van der Waals surface area contributed by atoms with E-state index in [1.807, 2.05) is 77.7 Å². The summed E-state index contributed by atoms with van der Waals surface area (Å²) in [5, 5.41) is 0. The van der Waals surface area contributed by atoms with Crippen LogP contribution < -0.4 is 4.90 Å². The molecule has 0 N–H and O–H groups in total. The number of ether oxygens (including phenoxy) is 2. The number of amides is 1. The van der Waals surface area contributed by atoms with E-state index in [0.29, 0.717) is 18.5 Å². The molecule has 0 radical (unpaired) electrons. The van der Waals surface area contributed by atoms with Crippen molar-refractivity contribution in [2.45, 2.75) is 51.0 Å². The number of benzene rings is 3. The zero-order valence-electron chi connectivity index (χ0n) is 21.3. The van der Waals surface area contributed by atoms with Crippen LogP contribution in [-0.4, -0.2) is 47.9 Å². The van der Waals surface area contributed by atoms with Crippen LogP contribution in [0, 0.1) is 0 Å². The highest BCUT2D eigenvalue weighted by Crippen LogP contribution is 2.28. The summed E-state index contributed by atoms with van der Waals surface area (Å²) in [5.74, 6) is -0.790. The predicted molar refractivity (Wildman–Crippen MR) is 143 cm³/mol. The number of rotatable bonds is 8. The molecule has 1 amide bonds. The molecule has 3 aromatic rings. The summed E-state index contributed by atoms with van der Waals surface area (Å²) in [4.78, 5) is 42.5. The maximum Gasteiger partial charge on any atom is 0.329 e. The lowest BCUT2D eigenvalue weighted by Gasteiger charge is -2.26. The van der Waals surface area contributed by atoms with Crippen LogP contribution >= 0.6 is 0 Å². The minimum Gasteiger partial charge on any atom is -0.459 e. The third-order valence-electron chi connectivity index (χ3n) is 7.20. The fourth-order valence-corrected chi connectivity index (χ4v) is 5.19. The third-order valence-corrected chi connectivity index (χ3v) is 7.20. The second-order valence-electron chi connectivity index (χ2n) is 9.74. The van der Waals surface area contributed by atoms with Gasteiger partial charge in [0.25, 0.3) is 5.91 Å². The van der Waals surface area contributed by atoms with Gasteiger partial charge in [-0.15, -0.1) is 0 Å². The summed E-state index contributed by atoms with van der Waals surface area (Å²) >= 11 is 0. The normalized spacial score (nSPS) is 18.8. The molecule has 2 fully saturated rings. The number of anilines is 1. The molecule has 3 aromatic carbocycles. The minimum atomic E-state index is -0.576. The Morgan fingerprint density at radius 2 is 1.18 bits per heavy atom. The van der Waals surface area contributed by atoms with E-state index in [0.717, 1.165) is 42.6 Å². The zero-order valence-corrected chi connectivity index (χ0v) is 21.3. The van der Waals surface area contributed by atoms with E-state index in [9.17, 15) is 14.4 Å². The molecule has 38 heavy (non-hydrogen) atoms. The lowest BCUT2D eigenvalue weighted by Crippen LogP contribution is -2.41. The van der Waals surface area contributed by atoms with Gasteiger partial charge in [-0.2, -0.15) is 0 Å². The van der Waals surface area contributed by atoms with Crippen molar-refractivity contribution in [3.63, 3.8) is 0 Å². The van der Waals surface area contributed by atoms with Gasteiger partial charge < -0.3 is 19.3 Å². The summed E-state index contributed by atoms with van der Waals surface area (Å²) in [6, 6.07) is 25.5. The summed E-state index contributed by atoms with van der Waals surface area (Å²) < 4.78 is 11.1. The van der Waals surface area contributed by atoms with E-state index < -0.39 is 6.04 Å². The number of nitrogens with zero attached hydrogens (tertiary/aromatic N) is 2. The lowest BCUT2D eigenvalue weighted by molar-refractivity contribution is -0.149. The second kappa shape index (κ2) is 11.9. The molecule has 2 heterocycles. The highest BCUT2D eigenvalue weighted by Gasteiger charge is 2.36. The predicted octanol–water partition coefficient (Wildman–Crippen LogP) is 4.75. The molecule has 7 nitrogen and oxygen atoms in total. The van der Waals surface area contributed by atoms with Crippen molar-refractivity contribution in [3.8, 4) is 0 Å². The SMILES string of the molecule is O=C(OCc1ccccc1)[C@H]1CCCN1C(=O)c1ccc(N2CCC[C@@H]2C(=O)OCc2ccccc2)cc1. The Bertz CT molecular complexity index is 1250. The first-order valence-corrected chi connectivity index (χ1v) is 13.2. The Labute approximate surface area is 223 Å². The van der Waals surface area contributed by atoms with Crippen molar-refractivity contribution in [3.05, 3.63) is 102 Å². The zero-order chi connectivity index (χ0) is 26.3. The molecule has 0 aliphatic carbocycles. The molecule has 5 rings (SSSR count). The van der Waals surface area contributed by atoms with Crippen molar-refractivity contribution < 1.29 is 23.9 Å². The Morgan fingerprint density at radius 3 is 1.79 bits per heavy atom. The van der Waals surface area contributed by atoms with Gasteiger partial charge in [0.15, 0.2) is 0 Å². The summed E-state index contributed by atoms with van der Waals surface area (Å²) in [5.41, 5.74) is 3.26. The number of carbonyl (C=O) groups excluding carboxylic acids is 3. The molecule has 2 aliphatic heterocycles. The molecule has 2 atom stereocenters. The van der Waals surface area contributed by atoms with Crippen molar-refractivity contribution in [2.24, 2.45) is 0 Å². The van der Waals surface area contributed by atoms with Gasteiger partial charge in [-0.1, -0.05) is 60.7 Å². The van der Waals surface area contributed by atoms with Gasteiger partial charge in [0.2, 0.25) is 0 Å². The smallest absolute Gasteiger partial charge is 0.329 e. The van der Waals surface area contributed by atoms with Gasteiger partial charge in [0, 0.05) is 24.3 Å². The van der Waals surface area contributed by atoms with E-state index >= 15 is 0 Å². The van der Waals surface area contributed by atoms with Gasteiger partial charge in [-0.3, -0.25) is 4.79 Å². The topological polar surface area (TPSA) is 76.2 Å². The van der Waals surface area contributed by atoms with Crippen molar-refractivity contribution >= 4 is 23.5 Å². The molecule has 0 spiro atoms. The minimum absolute atomic E-state index is 0.184. The third kappa shape index (κ3) is 5.88. The van der Waals surface area contributed by atoms with E-state index in [4.69, 9.17) is 9.47 Å². The average molecular weight is 513 g/mol. The second-order valence-corrected chi connectivity index (χ2v) is 9.74. The molecular formula is C31H32N2O5. The molecule has 0 bridgehead atoms. The fraction of sp³-hybridized carbons (Fsp3) is 0.323. The molecule has 0 unspecified atom stereocenters. The highest BCUT2D eigenvalue weighted by molar-refractivity contribution is 5.97. The first kappa shape index (κ1) is 25.5. The number of carbonyl (C=O) groups is 3. The van der Waals surface area contributed by atoms with Crippen molar-refractivity contribution in [1.82, 2.24) is 4.90 Å². The fourth-order valence-electron chi connectivity index (χ4n) is 5.19. The first-order valence-electron chi connectivity index (χ1n) is 13.2. The molecule has 0 aromatic heterocycles. The molecule has 0 saturated carbocycles. The highest BCUT2D eigenvalue weighted by atomic mass is 16.5. The van der Waals surface area contributed by atoms with Gasteiger partial charge in [0.1, 0.15) is 25.3 Å². The van der Waals surface area contributed by atoms with E-state index in [2.05, 4.69) is 0 Å². The number of esters is 2. The monoisotopic (exact) mass is 512 g/mol. The van der Waals surface area contributed by atoms with Crippen LogP contribution in [0.5, 0.6) is 0 Å². The Balaban J connectivity index is 1.19.